The van der Waals surface area contributed by atoms with Crippen LogP contribution in [0, 0.1) is 13.8 Å². The van der Waals surface area contributed by atoms with Crippen LogP contribution in [0.5, 0.6) is 5.75 Å². The first-order chi connectivity index (χ1) is 9.41. The van der Waals surface area contributed by atoms with Gasteiger partial charge in [0.2, 0.25) is 0 Å². The van der Waals surface area contributed by atoms with Crippen molar-refractivity contribution >= 4 is 17.3 Å². The molecule has 0 atom stereocenters. The maximum Gasteiger partial charge on any atom is 0.261 e. The minimum atomic E-state index is -0.290. The van der Waals surface area contributed by atoms with Gasteiger partial charge in [0.1, 0.15) is 0 Å². The van der Waals surface area contributed by atoms with Gasteiger partial charge in [-0.25, -0.2) is 0 Å². The first kappa shape index (κ1) is 13.9. The van der Waals surface area contributed by atoms with Crippen LogP contribution in [0.25, 0.3) is 0 Å². The molecule has 0 fully saturated rings. The highest BCUT2D eigenvalue weighted by atomic mass is 16.3. The number of phenols is 1. The molecule has 0 aliphatic heterocycles. The van der Waals surface area contributed by atoms with Crippen molar-refractivity contribution in [2.45, 2.75) is 13.8 Å². The number of nitrogens with zero attached hydrogens (tertiary/aromatic N) is 1. The topological polar surface area (TPSA) is 66.6 Å². The van der Waals surface area contributed by atoms with Crippen molar-refractivity contribution in [1.29, 1.82) is 0 Å². The van der Waals surface area contributed by atoms with E-state index >= 15 is 0 Å². The average Bonchev–Trinajstić information content (AvgIpc) is 2.40. The predicted molar refractivity (Wildman–Crippen MR) is 81.2 cm³/mol. The Hall–Kier alpha value is -2.49. The summed E-state index contributed by atoms with van der Waals surface area (Å²) in [5, 5.41) is 9.90. The minimum absolute atomic E-state index is 0.172. The number of rotatable bonds is 2. The highest BCUT2D eigenvalue weighted by Gasteiger charge is 2.19. The first-order valence-corrected chi connectivity index (χ1v) is 6.34. The van der Waals surface area contributed by atoms with Gasteiger partial charge in [-0.1, -0.05) is 23.8 Å². The molecule has 0 bridgehead atoms. The lowest BCUT2D eigenvalue weighted by Gasteiger charge is -2.20. The van der Waals surface area contributed by atoms with Crippen molar-refractivity contribution in [2.24, 2.45) is 0 Å². The Labute approximate surface area is 118 Å². The molecular weight excluding hydrogens is 252 g/mol. The van der Waals surface area contributed by atoms with E-state index in [1.807, 2.05) is 32.0 Å². The zero-order chi connectivity index (χ0) is 14.9. The van der Waals surface area contributed by atoms with Gasteiger partial charge in [0.15, 0.2) is 5.75 Å². The third-order valence-corrected chi connectivity index (χ3v) is 3.32. The third kappa shape index (κ3) is 2.45. The number of para-hydroxylation sites is 1. The molecule has 2 aromatic rings. The fourth-order valence-corrected chi connectivity index (χ4v) is 2.21. The van der Waals surface area contributed by atoms with Crippen molar-refractivity contribution in [2.75, 3.05) is 17.7 Å². The standard InChI is InChI=1S/C16H18N2O2/c1-10-7-8-14(11(2)9-10)18(3)16(20)12-5-4-6-13(17)15(12)19/h4-9,19H,17H2,1-3H3. The Bertz CT molecular complexity index is 666. The van der Waals surface area contributed by atoms with Gasteiger partial charge in [-0.05, 0) is 37.6 Å². The van der Waals surface area contributed by atoms with E-state index in [2.05, 4.69) is 0 Å². The summed E-state index contributed by atoms with van der Waals surface area (Å²) >= 11 is 0. The molecule has 0 spiro atoms. The fourth-order valence-electron chi connectivity index (χ4n) is 2.21. The number of amides is 1. The first-order valence-electron chi connectivity index (χ1n) is 6.34. The number of phenolic OH excluding ortho intramolecular Hbond substituents is 1. The predicted octanol–water partition coefficient (Wildman–Crippen LogP) is 2.87. The van der Waals surface area contributed by atoms with Crippen LogP contribution >= 0.6 is 0 Å². The third-order valence-electron chi connectivity index (χ3n) is 3.32. The van der Waals surface area contributed by atoms with Gasteiger partial charge >= 0.3 is 0 Å². The van der Waals surface area contributed by atoms with Gasteiger partial charge in [0.25, 0.3) is 5.91 Å². The van der Waals surface area contributed by atoms with E-state index in [4.69, 9.17) is 5.73 Å². The Morgan fingerprint density at radius 1 is 1.20 bits per heavy atom. The molecule has 4 heteroatoms. The van der Waals surface area contributed by atoms with Crippen molar-refractivity contribution < 1.29 is 9.90 Å². The average molecular weight is 270 g/mol. The second kappa shape index (κ2) is 5.25. The number of carbonyl (C=O) groups excluding carboxylic acids is 1. The number of hydrogen-bond donors (Lipinski definition) is 2. The molecular formula is C16H18N2O2. The van der Waals surface area contributed by atoms with Crippen molar-refractivity contribution in [3.63, 3.8) is 0 Å². The highest BCUT2D eigenvalue weighted by Crippen LogP contribution is 2.28. The molecule has 0 aliphatic rings. The number of benzene rings is 2. The van der Waals surface area contributed by atoms with Gasteiger partial charge in [-0.3, -0.25) is 4.79 Å². The summed E-state index contributed by atoms with van der Waals surface area (Å²) in [7, 11) is 1.68. The van der Waals surface area contributed by atoms with Crippen molar-refractivity contribution in [1.82, 2.24) is 0 Å². The largest absolute Gasteiger partial charge is 0.505 e. The lowest BCUT2D eigenvalue weighted by molar-refractivity contribution is 0.0990. The summed E-state index contributed by atoms with van der Waals surface area (Å²) in [6.07, 6.45) is 0. The summed E-state index contributed by atoms with van der Waals surface area (Å²) in [5.74, 6) is -0.462. The molecule has 2 aromatic carbocycles. The van der Waals surface area contributed by atoms with Crippen LogP contribution in [0.15, 0.2) is 36.4 Å². The van der Waals surface area contributed by atoms with E-state index in [1.54, 1.807) is 25.2 Å². The summed E-state index contributed by atoms with van der Waals surface area (Å²) in [5.41, 5.74) is 8.98. The van der Waals surface area contributed by atoms with Crippen molar-refractivity contribution in [3.8, 4) is 5.75 Å². The Kier molecular flexibility index (Phi) is 3.66. The van der Waals surface area contributed by atoms with Gasteiger partial charge in [0.05, 0.1) is 11.3 Å². The lowest BCUT2D eigenvalue weighted by Crippen LogP contribution is -2.27. The maximum absolute atomic E-state index is 12.5. The van der Waals surface area contributed by atoms with Crippen LogP contribution in [-0.4, -0.2) is 18.1 Å². The quantitative estimate of drug-likeness (QED) is 0.651. The van der Waals surface area contributed by atoms with Gasteiger partial charge < -0.3 is 15.7 Å². The van der Waals surface area contributed by atoms with Crippen LogP contribution in [0.4, 0.5) is 11.4 Å². The van der Waals surface area contributed by atoms with Crippen LogP contribution in [0.1, 0.15) is 21.5 Å². The lowest BCUT2D eigenvalue weighted by atomic mass is 10.1. The Balaban J connectivity index is 2.40. The molecule has 0 radical (unpaired) electrons. The second-order valence-electron chi connectivity index (χ2n) is 4.90. The van der Waals surface area contributed by atoms with Gasteiger partial charge in [0, 0.05) is 12.7 Å². The second-order valence-corrected chi connectivity index (χ2v) is 4.90. The number of nitrogen functional groups attached to an aromatic ring is 1. The summed E-state index contributed by atoms with van der Waals surface area (Å²) in [4.78, 5) is 14.0. The van der Waals surface area contributed by atoms with Gasteiger partial charge in [-0.2, -0.15) is 0 Å². The summed E-state index contributed by atoms with van der Waals surface area (Å²) in [6, 6.07) is 10.6. The number of hydrogen-bond acceptors (Lipinski definition) is 3. The highest BCUT2D eigenvalue weighted by molar-refractivity contribution is 6.08. The normalized spacial score (nSPS) is 10.3. The number of carbonyl (C=O) groups is 1. The zero-order valence-corrected chi connectivity index (χ0v) is 11.8. The maximum atomic E-state index is 12.5. The monoisotopic (exact) mass is 270 g/mol. The van der Waals surface area contributed by atoms with E-state index in [9.17, 15) is 9.90 Å². The molecule has 0 saturated heterocycles. The SMILES string of the molecule is Cc1ccc(N(C)C(=O)c2cccc(N)c2O)c(C)c1. The molecule has 20 heavy (non-hydrogen) atoms. The number of aryl methyl sites for hydroxylation is 2. The number of anilines is 2. The van der Waals surface area contributed by atoms with E-state index in [0.29, 0.717) is 0 Å². The smallest absolute Gasteiger partial charge is 0.261 e. The fraction of sp³-hybridized carbons (Fsp3) is 0.188. The van der Waals surface area contributed by atoms with E-state index in [1.165, 1.54) is 4.90 Å². The minimum Gasteiger partial charge on any atom is -0.505 e. The molecule has 0 heterocycles. The van der Waals surface area contributed by atoms with E-state index in [0.717, 1.165) is 16.8 Å². The Morgan fingerprint density at radius 3 is 2.55 bits per heavy atom. The van der Waals surface area contributed by atoms with E-state index in [-0.39, 0.29) is 22.9 Å². The zero-order valence-electron chi connectivity index (χ0n) is 11.8. The molecule has 0 saturated carbocycles. The molecule has 104 valence electrons. The van der Waals surface area contributed by atoms with Crippen LogP contribution in [-0.2, 0) is 0 Å². The van der Waals surface area contributed by atoms with Crippen molar-refractivity contribution in [3.05, 3.63) is 53.1 Å². The molecule has 1 amide bonds. The number of nitrogens with two attached hydrogens (primary N) is 1. The summed E-state index contributed by atoms with van der Waals surface area (Å²) < 4.78 is 0. The molecule has 3 N–H and O–H groups in total. The van der Waals surface area contributed by atoms with Crippen LogP contribution in [0.2, 0.25) is 0 Å². The van der Waals surface area contributed by atoms with Crippen LogP contribution < -0.4 is 10.6 Å². The molecule has 0 unspecified atom stereocenters. The van der Waals surface area contributed by atoms with E-state index < -0.39 is 0 Å². The molecule has 4 nitrogen and oxygen atoms in total. The Morgan fingerprint density at radius 2 is 1.90 bits per heavy atom. The molecule has 2 rings (SSSR count). The number of aromatic hydroxyl groups is 1. The van der Waals surface area contributed by atoms with Gasteiger partial charge in [-0.15, -0.1) is 0 Å². The molecule has 0 aromatic heterocycles. The molecule has 0 aliphatic carbocycles. The van der Waals surface area contributed by atoms with Crippen LogP contribution in [0.3, 0.4) is 0 Å². The summed E-state index contributed by atoms with van der Waals surface area (Å²) in [6.45, 7) is 3.95.